The van der Waals surface area contributed by atoms with E-state index in [0.29, 0.717) is 4.48 Å². The van der Waals surface area contributed by atoms with Crippen molar-refractivity contribution in [2.75, 3.05) is 0 Å². The Labute approximate surface area is 99.9 Å². The topological polar surface area (TPSA) is 17.1 Å². The Bertz CT molecular complexity index is 288. The Hall–Kier alpha value is -0.700. The van der Waals surface area contributed by atoms with Crippen LogP contribution in [-0.4, -0.2) is 5.78 Å². The van der Waals surface area contributed by atoms with Gasteiger partial charge in [-0.2, -0.15) is 0 Å². The summed E-state index contributed by atoms with van der Waals surface area (Å²) in [4.78, 5) is 10.9. The zero-order valence-electron chi connectivity index (χ0n) is 9.90. The first-order valence-electron chi connectivity index (χ1n) is 4.89. The highest BCUT2D eigenvalue weighted by molar-refractivity contribution is 9.11. The van der Waals surface area contributed by atoms with Gasteiger partial charge in [-0.1, -0.05) is 41.9 Å². The molecule has 1 nitrogen and oxygen atoms in total. The lowest BCUT2D eigenvalue weighted by Crippen LogP contribution is -1.96. The first-order valence-corrected chi connectivity index (χ1v) is 5.68. The number of rotatable bonds is 3. The summed E-state index contributed by atoms with van der Waals surface area (Å²) in [7, 11) is 0. The van der Waals surface area contributed by atoms with Crippen LogP contribution in [0.15, 0.2) is 34.1 Å². The summed E-state index contributed by atoms with van der Waals surface area (Å²) in [5, 5.41) is 0. The number of allylic oxidation sites excluding steroid dienone is 6. The van der Waals surface area contributed by atoms with Gasteiger partial charge in [0.1, 0.15) is 5.83 Å². The van der Waals surface area contributed by atoms with Gasteiger partial charge in [0.15, 0.2) is 5.78 Å². The molecule has 0 aromatic heterocycles. The number of ketones is 1. The average molecular weight is 277 g/mol. The number of carbonyl (C=O) groups is 1. The normalized spacial score (nSPS) is 13.1. The molecule has 86 valence electrons. The summed E-state index contributed by atoms with van der Waals surface area (Å²) in [6, 6.07) is 0. The molecule has 0 aliphatic rings. The van der Waals surface area contributed by atoms with Crippen LogP contribution in [0, 0.1) is 0 Å². The molecule has 0 saturated heterocycles. The molecule has 0 fully saturated rings. The van der Waals surface area contributed by atoms with E-state index in [-0.39, 0.29) is 11.4 Å². The summed E-state index contributed by atoms with van der Waals surface area (Å²) >= 11 is 3.13. The number of hydrogen-bond acceptors (Lipinski definition) is 1. The maximum absolute atomic E-state index is 13.3. The van der Waals surface area contributed by atoms with Gasteiger partial charge in [-0.05, 0) is 26.8 Å². The fourth-order valence-electron chi connectivity index (χ4n) is 0.791. The van der Waals surface area contributed by atoms with Crippen molar-refractivity contribution in [1.82, 2.24) is 0 Å². The third-order valence-electron chi connectivity index (χ3n) is 1.47. The second-order valence-corrected chi connectivity index (χ2v) is 3.34. The lowest BCUT2D eigenvalue weighted by atomic mass is 10.1. The maximum atomic E-state index is 13.3. The SMILES string of the molecule is CC.C\C=C(Br)/C=C(F)\C(=C\C)C(C)=O. The Balaban J connectivity index is 0. The van der Waals surface area contributed by atoms with Gasteiger partial charge in [0.25, 0.3) is 0 Å². The van der Waals surface area contributed by atoms with Crippen molar-refractivity contribution in [1.29, 1.82) is 0 Å². The molecule has 0 aliphatic carbocycles. The van der Waals surface area contributed by atoms with Gasteiger partial charge in [-0.3, -0.25) is 4.79 Å². The predicted octanol–water partition coefficient (Wildman–Crippen LogP) is 4.70. The van der Waals surface area contributed by atoms with Gasteiger partial charge in [-0.15, -0.1) is 0 Å². The van der Waals surface area contributed by atoms with Crippen molar-refractivity contribution in [2.24, 2.45) is 0 Å². The second-order valence-electron chi connectivity index (χ2n) is 2.42. The Kier molecular flexibility index (Phi) is 11.0. The van der Waals surface area contributed by atoms with Crippen molar-refractivity contribution < 1.29 is 9.18 Å². The number of Topliss-reactive ketones (excluding diaryl/α,β-unsaturated/α-hetero) is 1. The molecule has 0 aromatic carbocycles. The first-order chi connectivity index (χ1) is 7.02. The molecule has 0 radical (unpaired) electrons. The summed E-state index contributed by atoms with van der Waals surface area (Å²) < 4.78 is 13.9. The van der Waals surface area contributed by atoms with Crippen LogP contribution in [0.5, 0.6) is 0 Å². The Morgan fingerprint density at radius 1 is 1.20 bits per heavy atom. The third-order valence-corrected chi connectivity index (χ3v) is 2.15. The van der Waals surface area contributed by atoms with Crippen LogP contribution >= 0.6 is 15.9 Å². The fourth-order valence-corrected chi connectivity index (χ4v) is 0.992. The molecule has 0 amide bonds. The van der Waals surface area contributed by atoms with Crippen LogP contribution in [0.4, 0.5) is 4.39 Å². The van der Waals surface area contributed by atoms with Gasteiger partial charge in [0.05, 0.1) is 0 Å². The molecule has 0 rings (SSSR count). The van der Waals surface area contributed by atoms with Crippen LogP contribution in [0.1, 0.15) is 34.6 Å². The molecule has 0 heterocycles. The summed E-state index contributed by atoms with van der Waals surface area (Å²) in [6.45, 7) is 8.75. The van der Waals surface area contributed by atoms with Crippen molar-refractivity contribution in [2.45, 2.75) is 34.6 Å². The van der Waals surface area contributed by atoms with Crippen LogP contribution in [0.3, 0.4) is 0 Å². The van der Waals surface area contributed by atoms with E-state index in [1.54, 1.807) is 19.9 Å². The molecule has 3 heteroatoms. The molecule has 0 N–H and O–H groups in total. The van der Waals surface area contributed by atoms with Gasteiger partial charge in [-0.25, -0.2) is 4.39 Å². The average Bonchev–Trinajstić information content (AvgIpc) is 2.21. The zero-order chi connectivity index (χ0) is 12.4. The maximum Gasteiger partial charge on any atom is 0.162 e. The third kappa shape index (κ3) is 7.25. The highest BCUT2D eigenvalue weighted by Crippen LogP contribution is 2.17. The summed E-state index contributed by atoms with van der Waals surface area (Å²) in [5.41, 5.74) is 0.110. The van der Waals surface area contributed by atoms with E-state index in [1.165, 1.54) is 19.1 Å². The molecule has 0 atom stereocenters. The minimum Gasteiger partial charge on any atom is -0.294 e. The van der Waals surface area contributed by atoms with Gasteiger partial charge in [0, 0.05) is 10.1 Å². The lowest BCUT2D eigenvalue weighted by Gasteiger charge is -1.98. The van der Waals surface area contributed by atoms with E-state index < -0.39 is 5.83 Å². The minimum absolute atomic E-state index is 0.110. The molecule has 0 unspecified atom stereocenters. The molecule has 15 heavy (non-hydrogen) atoms. The molecule has 0 bridgehead atoms. The molecular weight excluding hydrogens is 259 g/mol. The van der Waals surface area contributed by atoms with Crippen LogP contribution < -0.4 is 0 Å². The van der Waals surface area contributed by atoms with Crippen LogP contribution in [0.2, 0.25) is 0 Å². The van der Waals surface area contributed by atoms with E-state index in [1.807, 2.05) is 13.8 Å². The fraction of sp³-hybridized carbons (Fsp3) is 0.417. The van der Waals surface area contributed by atoms with Gasteiger partial charge >= 0.3 is 0 Å². The zero-order valence-corrected chi connectivity index (χ0v) is 11.5. The van der Waals surface area contributed by atoms with Crippen molar-refractivity contribution >= 4 is 21.7 Å². The van der Waals surface area contributed by atoms with Gasteiger partial charge in [0.2, 0.25) is 0 Å². The van der Waals surface area contributed by atoms with Gasteiger partial charge < -0.3 is 0 Å². The number of carbonyl (C=O) groups excluding carboxylic acids is 1. The molecule has 0 saturated carbocycles. The largest absolute Gasteiger partial charge is 0.294 e. The standard InChI is InChI=1S/C10H12BrFO.C2H6/c1-4-8(11)6-10(12)9(5-2)7(3)13;1-2/h4-6H,1-3H3;1-2H3/b8-4+,9-5+,10-6+;. The quantitative estimate of drug-likeness (QED) is 0.539. The highest BCUT2D eigenvalue weighted by Gasteiger charge is 2.08. The highest BCUT2D eigenvalue weighted by atomic mass is 79.9. The van der Waals surface area contributed by atoms with Crippen LogP contribution in [-0.2, 0) is 4.79 Å². The van der Waals surface area contributed by atoms with Crippen molar-refractivity contribution in [3.8, 4) is 0 Å². The first kappa shape index (κ1) is 16.7. The van der Waals surface area contributed by atoms with E-state index >= 15 is 0 Å². The smallest absolute Gasteiger partial charge is 0.162 e. The Morgan fingerprint density at radius 3 is 1.93 bits per heavy atom. The second kappa shape index (κ2) is 9.84. The lowest BCUT2D eigenvalue weighted by molar-refractivity contribution is -0.113. The molecule has 0 aliphatic heterocycles. The van der Waals surface area contributed by atoms with E-state index in [2.05, 4.69) is 15.9 Å². The predicted molar refractivity (Wildman–Crippen MR) is 67.7 cm³/mol. The molecular formula is C12H18BrFO. The number of halogens is 2. The summed E-state index contributed by atoms with van der Waals surface area (Å²) in [6.07, 6.45) is 4.44. The van der Waals surface area contributed by atoms with Crippen molar-refractivity contribution in [3.05, 3.63) is 34.1 Å². The number of hydrogen-bond donors (Lipinski definition) is 0. The van der Waals surface area contributed by atoms with Crippen LogP contribution in [0.25, 0.3) is 0 Å². The molecule has 0 spiro atoms. The minimum atomic E-state index is -0.514. The van der Waals surface area contributed by atoms with Crippen molar-refractivity contribution in [3.63, 3.8) is 0 Å². The van der Waals surface area contributed by atoms with E-state index in [0.717, 1.165) is 0 Å². The molecule has 0 aromatic rings. The monoisotopic (exact) mass is 276 g/mol. The summed E-state index contributed by atoms with van der Waals surface area (Å²) in [5.74, 6) is -0.785. The Morgan fingerprint density at radius 2 is 1.67 bits per heavy atom. The van der Waals surface area contributed by atoms with E-state index in [4.69, 9.17) is 0 Å². The van der Waals surface area contributed by atoms with E-state index in [9.17, 15) is 9.18 Å².